The first kappa shape index (κ1) is 12.3. The van der Waals surface area contributed by atoms with Gasteiger partial charge in [0.15, 0.2) is 0 Å². The maximum atomic E-state index is 10.9. The summed E-state index contributed by atoms with van der Waals surface area (Å²) in [5.41, 5.74) is 5.37. The van der Waals surface area contributed by atoms with Gasteiger partial charge in [0.05, 0.1) is 17.7 Å². The molecule has 0 aromatic rings. The molecule has 2 fully saturated rings. The zero-order valence-corrected chi connectivity index (χ0v) is 10.6. The van der Waals surface area contributed by atoms with Gasteiger partial charge in [-0.15, -0.1) is 0 Å². The van der Waals surface area contributed by atoms with E-state index in [1.54, 1.807) is 0 Å². The van der Waals surface area contributed by atoms with E-state index in [-0.39, 0.29) is 5.41 Å². The normalized spacial score (nSPS) is 44.2. The molecule has 94 valence electrons. The maximum Gasteiger partial charge on any atom is 0.0854 e. The first-order valence-corrected chi connectivity index (χ1v) is 6.46. The lowest BCUT2D eigenvalue weighted by Gasteiger charge is -2.52. The van der Waals surface area contributed by atoms with Crippen molar-refractivity contribution in [3.8, 4) is 0 Å². The summed E-state index contributed by atoms with van der Waals surface area (Å²) < 4.78 is 5.49. The van der Waals surface area contributed by atoms with Crippen molar-refractivity contribution in [2.45, 2.75) is 63.5 Å². The quantitative estimate of drug-likeness (QED) is 0.718. The minimum absolute atomic E-state index is 0.205. The van der Waals surface area contributed by atoms with Crippen molar-refractivity contribution < 1.29 is 9.84 Å². The molecule has 2 unspecified atom stereocenters. The van der Waals surface area contributed by atoms with Crippen molar-refractivity contribution in [3.63, 3.8) is 0 Å². The molecule has 0 radical (unpaired) electrons. The summed E-state index contributed by atoms with van der Waals surface area (Å²) in [6, 6.07) is 0. The fourth-order valence-electron chi connectivity index (χ4n) is 3.44. The summed E-state index contributed by atoms with van der Waals surface area (Å²) in [4.78, 5) is 0. The molecule has 2 atom stereocenters. The summed E-state index contributed by atoms with van der Waals surface area (Å²) in [5, 5.41) is 10.9. The van der Waals surface area contributed by atoms with Crippen molar-refractivity contribution >= 4 is 0 Å². The smallest absolute Gasteiger partial charge is 0.0854 e. The van der Waals surface area contributed by atoms with E-state index in [9.17, 15) is 5.11 Å². The minimum atomic E-state index is -0.727. The first-order chi connectivity index (χ1) is 7.37. The molecule has 0 aromatic heterocycles. The van der Waals surface area contributed by atoms with Crippen molar-refractivity contribution in [2.75, 3.05) is 13.2 Å². The van der Waals surface area contributed by atoms with Crippen LogP contribution in [0.4, 0.5) is 0 Å². The van der Waals surface area contributed by atoms with Gasteiger partial charge in [-0.1, -0.05) is 13.8 Å². The van der Waals surface area contributed by atoms with E-state index in [0.29, 0.717) is 6.61 Å². The van der Waals surface area contributed by atoms with Crippen LogP contribution in [0.5, 0.6) is 0 Å². The number of nitrogens with two attached hydrogens (primary N) is 1. The van der Waals surface area contributed by atoms with Gasteiger partial charge >= 0.3 is 0 Å². The van der Waals surface area contributed by atoms with Gasteiger partial charge < -0.3 is 15.6 Å². The van der Waals surface area contributed by atoms with Crippen molar-refractivity contribution in [3.05, 3.63) is 0 Å². The van der Waals surface area contributed by atoms with Crippen LogP contribution in [0.2, 0.25) is 0 Å². The molecule has 1 heterocycles. The Labute approximate surface area is 98.4 Å². The van der Waals surface area contributed by atoms with Crippen LogP contribution in [0.15, 0.2) is 0 Å². The number of rotatable bonds is 1. The summed E-state index contributed by atoms with van der Waals surface area (Å²) in [7, 11) is 0. The highest BCUT2D eigenvalue weighted by Crippen LogP contribution is 2.46. The van der Waals surface area contributed by atoms with Gasteiger partial charge in [0.1, 0.15) is 0 Å². The highest BCUT2D eigenvalue weighted by atomic mass is 16.5. The van der Waals surface area contributed by atoms with Gasteiger partial charge in [0.2, 0.25) is 0 Å². The monoisotopic (exact) mass is 227 g/mol. The largest absolute Gasteiger partial charge is 0.388 e. The Morgan fingerprint density at radius 1 is 1.12 bits per heavy atom. The fourth-order valence-corrected chi connectivity index (χ4v) is 3.44. The average molecular weight is 227 g/mol. The fraction of sp³-hybridized carbons (Fsp3) is 1.00. The van der Waals surface area contributed by atoms with Crippen molar-refractivity contribution in [1.29, 1.82) is 0 Å². The van der Waals surface area contributed by atoms with E-state index in [4.69, 9.17) is 10.5 Å². The number of hydrogen-bond donors (Lipinski definition) is 2. The summed E-state index contributed by atoms with van der Waals surface area (Å²) in [5.74, 6) is 0. The molecule has 2 rings (SSSR count). The van der Waals surface area contributed by atoms with Gasteiger partial charge in [-0.25, -0.2) is 0 Å². The molecular formula is C13H25NO2. The lowest BCUT2D eigenvalue weighted by atomic mass is 9.61. The predicted octanol–water partition coefficient (Wildman–Crippen LogP) is 1.83. The van der Waals surface area contributed by atoms with Crippen molar-refractivity contribution in [2.24, 2.45) is 11.1 Å². The van der Waals surface area contributed by atoms with Gasteiger partial charge in [-0.2, -0.15) is 0 Å². The van der Waals surface area contributed by atoms with E-state index < -0.39 is 11.1 Å². The van der Waals surface area contributed by atoms with Crippen molar-refractivity contribution in [1.82, 2.24) is 0 Å². The molecule has 1 aliphatic heterocycles. The Morgan fingerprint density at radius 2 is 1.88 bits per heavy atom. The zero-order chi connectivity index (χ0) is 11.9. The topological polar surface area (TPSA) is 55.5 Å². The Morgan fingerprint density at radius 3 is 2.44 bits per heavy atom. The lowest BCUT2D eigenvalue weighted by molar-refractivity contribution is -0.135. The maximum absolute atomic E-state index is 10.9. The van der Waals surface area contributed by atoms with Gasteiger partial charge in [-0.05, 0) is 43.9 Å². The highest BCUT2D eigenvalue weighted by molar-refractivity contribution is 5.08. The Balaban J connectivity index is 2.16. The van der Waals surface area contributed by atoms with Crippen LogP contribution in [-0.4, -0.2) is 29.5 Å². The molecular weight excluding hydrogens is 202 g/mol. The average Bonchev–Trinajstić information content (AvgIpc) is 2.16. The standard InChI is InChI=1S/C13H25NO2/c1-11(2)5-3-7-13(15,9-11)12(14)6-4-8-16-10-12/h15H,3-10,14H2,1-2H3. The molecule has 0 spiro atoms. The van der Waals surface area contributed by atoms with Gasteiger partial charge in [0, 0.05) is 6.61 Å². The molecule has 0 amide bonds. The summed E-state index contributed by atoms with van der Waals surface area (Å²) >= 11 is 0. The third-order valence-electron chi connectivity index (χ3n) is 4.41. The Hall–Kier alpha value is -0.120. The second-order valence-electron chi connectivity index (χ2n) is 6.54. The zero-order valence-electron chi connectivity index (χ0n) is 10.6. The predicted molar refractivity (Wildman–Crippen MR) is 64.2 cm³/mol. The van der Waals surface area contributed by atoms with Crippen LogP contribution in [0.1, 0.15) is 52.4 Å². The highest BCUT2D eigenvalue weighted by Gasteiger charge is 2.52. The molecule has 3 nitrogen and oxygen atoms in total. The SMILES string of the molecule is CC1(C)CCCC(O)(C2(N)CCCOC2)C1. The minimum Gasteiger partial charge on any atom is -0.388 e. The van der Waals surface area contributed by atoms with Gasteiger partial charge in [0.25, 0.3) is 0 Å². The molecule has 0 aromatic carbocycles. The van der Waals surface area contributed by atoms with E-state index in [1.165, 1.54) is 6.42 Å². The van der Waals surface area contributed by atoms with Crippen LogP contribution in [0.3, 0.4) is 0 Å². The third-order valence-corrected chi connectivity index (χ3v) is 4.41. The first-order valence-electron chi connectivity index (χ1n) is 6.46. The molecule has 16 heavy (non-hydrogen) atoms. The van der Waals surface area contributed by atoms with Crippen LogP contribution >= 0.6 is 0 Å². The number of hydrogen-bond acceptors (Lipinski definition) is 3. The third kappa shape index (κ3) is 2.13. The van der Waals surface area contributed by atoms with E-state index in [1.807, 2.05) is 0 Å². The lowest BCUT2D eigenvalue weighted by Crippen LogP contribution is -2.66. The van der Waals surface area contributed by atoms with Gasteiger partial charge in [-0.3, -0.25) is 0 Å². The number of ether oxygens (including phenoxy) is 1. The molecule has 1 saturated carbocycles. The second-order valence-corrected chi connectivity index (χ2v) is 6.54. The van der Waals surface area contributed by atoms with E-state index in [2.05, 4.69) is 13.8 Å². The summed E-state index contributed by atoms with van der Waals surface area (Å²) in [6.07, 6.45) is 5.75. The second kappa shape index (κ2) is 3.97. The summed E-state index contributed by atoms with van der Waals surface area (Å²) in [6.45, 7) is 5.76. The van der Waals surface area contributed by atoms with Crippen LogP contribution in [0.25, 0.3) is 0 Å². The molecule has 1 aliphatic carbocycles. The molecule has 1 saturated heterocycles. The van der Waals surface area contributed by atoms with Crippen LogP contribution in [-0.2, 0) is 4.74 Å². The Kier molecular flexibility index (Phi) is 3.06. The van der Waals surface area contributed by atoms with E-state index >= 15 is 0 Å². The van der Waals surface area contributed by atoms with Crippen LogP contribution in [0, 0.1) is 5.41 Å². The Bertz CT molecular complexity index is 259. The molecule has 3 N–H and O–H groups in total. The number of aliphatic hydroxyl groups is 1. The molecule has 0 bridgehead atoms. The molecule has 3 heteroatoms. The van der Waals surface area contributed by atoms with E-state index in [0.717, 1.165) is 38.7 Å². The molecule has 2 aliphatic rings. The van der Waals surface area contributed by atoms with Crippen LogP contribution < -0.4 is 5.73 Å².